The molecule has 0 atom stereocenters. The van der Waals surface area contributed by atoms with Crippen LogP contribution in [0, 0.1) is 10.1 Å². The van der Waals surface area contributed by atoms with Crippen molar-refractivity contribution in [3.05, 3.63) is 46.2 Å². The van der Waals surface area contributed by atoms with Gasteiger partial charge in [-0.1, -0.05) is 12.1 Å². The number of carbonyl (C=O) groups is 1. The Hall–Kier alpha value is -2.90. The maximum atomic E-state index is 12.2. The molecule has 2 rings (SSSR count). The molecule has 1 amide bonds. The van der Waals surface area contributed by atoms with E-state index in [0.717, 1.165) is 6.42 Å². The largest absolute Gasteiger partial charge is 0.384 e. The molecule has 0 saturated carbocycles. The first-order chi connectivity index (χ1) is 10.1. The van der Waals surface area contributed by atoms with Gasteiger partial charge in [0.2, 0.25) is 0 Å². The highest BCUT2D eigenvalue weighted by atomic mass is 16.6. The molecule has 0 bridgehead atoms. The van der Waals surface area contributed by atoms with E-state index in [1.165, 1.54) is 30.5 Å². The monoisotopic (exact) mass is 290 g/mol. The van der Waals surface area contributed by atoms with Crippen LogP contribution in [0.3, 0.4) is 0 Å². The summed E-state index contributed by atoms with van der Waals surface area (Å²) in [5, 5.41) is 20.0. The number of aromatic nitrogens is 1. The molecule has 8 heteroatoms. The lowest BCUT2D eigenvalue weighted by Crippen LogP contribution is -2.15. The molecule has 110 valence electrons. The molecule has 1 aromatic heterocycles. The Morgan fingerprint density at radius 2 is 2.24 bits per heavy atom. The normalized spacial score (nSPS) is 10.1. The number of benzene rings is 1. The molecule has 0 aliphatic heterocycles. The van der Waals surface area contributed by atoms with Crippen molar-refractivity contribution in [1.29, 1.82) is 0 Å². The predicted octanol–water partition coefficient (Wildman–Crippen LogP) is 2.66. The first kappa shape index (κ1) is 14.5. The summed E-state index contributed by atoms with van der Waals surface area (Å²) in [6.45, 7) is 2.63. The zero-order valence-electron chi connectivity index (χ0n) is 11.3. The summed E-state index contributed by atoms with van der Waals surface area (Å²) in [7, 11) is 0. The van der Waals surface area contributed by atoms with Crippen molar-refractivity contribution in [2.24, 2.45) is 0 Å². The van der Waals surface area contributed by atoms with Gasteiger partial charge in [0.25, 0.3) is 11.6 Å². The minimum atomic E-state index is -0.545. The van der Waals surface area contributed by atoms with Gasteiger partial charge in [-0.2, -0.15) is 0 Å². The smallest absolute Gasteiger partial charge is 0.270 e. The van der Waals surface area contributed by atoms with Crippen LogP contribution in [0.25, 0.3) is 0 Å². The van der Waals surface area contributed by atoms with Crippen LogP contribution in [0.4, 0.5) is 17.2 Å². The second-order valence-electron chi connectivity index (χ2n) is 4.25. The fraction of sp³-hybridized carbons (Fsp3) is 0.231. The van der Waals surface area contributed by atoms with E-state index in [0.29, 0.717) is 12.2 Å². The fourth-order valence-electron chi connectivity index (χ4n) is 1.71. The van der Waals surface area contributed by atoms with Crippen LogP contribution in [0.2, 0.25) is 0 Å². The highest BCUT2D eigenvalue weighted by Gasteiger charge is 2.17. The summed E-state index contributed by atoms with van der Waals surface area (Å²) in [5.41, 5.74) is 0.562. The van der Waals surface area contributed by atoms with Gasteiger partial charge in [-0.15, -0.1) is 0 Å². The van der Waals surface area contributed by atoms with Gasteiger partial charge in [-0.05, 0) is 12.5 Å². The van der Waals surface area contributed by atoms with E-state index < -0.39 is 10.8 Å². The van der Waals surface area contributed by atoms with Crippen LogP contribution in [-0.2, 0) is 0 Å². The predicted molar refractivity (Wildman–Crippen MR) is 76.3 cm³/mol. The van der Waals surface area contributed by atoms with Crippen LogP contribution in [0.1, 0.15) is 23.7 Å². The molecule has 21 heavy (non-hydrogen) atoms. The summed E-state index contributed by atoms with van der Waals surface area (Å²) < 4.78 is 4.62. The van der Waals surface area contributed by atoms with E-state index >= 15 is 0 Å². The second kappa shape index (κ2) is 6.51. The SMILES string of the molecule is CCCNc1ccc([N+](=O)[O-])cc1C(=O)Nc1ccon1. The van der Waals surface area contributed by atoms with E-state index in [2.05, 4.69) is 20.3 Å². The van der Waals surface area contributed by atoms with Gasteiger partial charge in [-0.25, -0.2) is 0 Å². The van der Waals surface area contributed by atoms with Gasteiger partial charge in [0.05, 0.1) is 10.5 Å². The molecular formula is C13H14N4O4. The topological polar surface area (TPSA) is 110 Å². The Morgan fingerprint density at radius 3 is 2.86 bits per heavy atom. The number of hydrogen-bond acceptors (Lipinski definition) is 6. The van der Waals surface area contributed by atoms with Gasteiger partial charge in [-0.3, -0.25) is 14.9 Å². The number of nitrogens with zero attached hydrogens (tertiary/aromatic N) is 2. The molecule has 2 N–H and O–H groups in total. The molecule has 0 unspecified atom stereocenters. The van der Waals surface area contributed by atoms with E-state index in [1.54, 1.807) is 0 Å². The lowest BCUT2D eigenvalue weighted by Gasteiger charge is -2.10. The maximum absolute atomic E-state index is 12.2. The van der Waals surface area contributed by atoms with Gasteiger partial charge >= 0.3 is 0 Å². The molecule has 0 aliphatic carbocycles. The standard InChI is InChI=1S/C13H14N4O4/c1-2-6-14-11-4-3-9(17(19)20)8-10(11)13(18)15-12-5-7-21-16-12/h3-5,7-8,14H,2,6H2,1H3,(H,15,16,18). The number of carbonyl (C=O) groups excluding carboxylic acids is 1. The lowest BCUT2D eigenvalue weighted by molar-refractivity contribution is -0.384. The average Bonchev–Trinajstić information content (AvgIpc) is 2.97. The summed E-state index contributed by atoms with van der Waals surface area (Å²) >= 11 is 0. The molecule has 0 saturated heterocycles. The zero-order valence-corrected chi connectivity index (χ0v) is 11.3. The van der Waals surface area contributed by atoms with Crippen molar-refractivity contribution in [1.82, 2.24) is 5.16 Å². The first-order valence-electron chi connectivity index (χ1n) is 6.36. The van der Waals surface area contributed by atoms with Crippen molar-refractivity contribution in [2.75, 3.05) is 17.2 Å². The van der Waals surface area contributed by atoms with Crippen LogP contribution >= 0.6 is 0 Å². The number of amides is 1. The van der Waals surface area contributed by atoms with Gasteiger partial charge in [0, 0.05) is 30.4 Å². The molecule has 0 spiro atoms. The van der Waals surface area contributed by atoms with Crippen molar-refractivity contribution in [3.8, 4) is 0 Å². The first-order valence-corrected chi connectivity index (χ1v) is 6.36. The number of hydrogen-bond donors (Lipinski definition) is 2. The highest BCUT2D eigenvalue weighted by molar-refractivity contribution is 6.08. The highest BCUT2D eigenvalue weighted by Crippen LogP contribution is 2.23. The number of nitro groups is 1. The molecule has 8 nitrogen and oxygen atoms in total. The van der Waals surface area contributed by atoms with E-state index in [1.807, 2.05) is 6.92 Å². The number of nitro benzene ring substituents is 1. The quantitative estimate of drug-likeness (QED) is 0.625. The van der Waals surface area contributed by atoms with Gasteiger partial charge in [0.15, 0.2) is 5.82 Å². The van der Waals surface area contributed by atoms with Crippen molar-refractivity contribution in [3.63, 3.8) is 0 Å². The van der Waals surface area contributed by atoms with Crippen molar-refractivity contribution < 1.29 is 14.2 Å². The summed E-state index contributed by atoms with van der Waals surface area (Å²) in [6, 6.07) is 5.58. The van der Waals surface area contributed by atoms with E-state index in [4.69, 9.17) is 0 Å². The Bertz CT molecular complexity index is 640. The van der Waals surface area contributed by atoms with Crippen molar-refractivity contribution in [2.45, 2.75) is 13.3 Å². The van der Waals surface area contributed by atoms with Crippen LogP contribution in [0.5, 0.6) is 0 Å². The maximum Gasteiger partial charge on any atom is 0.270 e. The minimum Gasteiger partial charge on any atom is -0.384 e. The Kier molecular flexibility index (Phi) is 4.50. The number of anilines is 2. The average molecular weight is 290 g/mol. The van der Waals surface area contributed by atoms with Gasteiger partial charge in [0.1, 0.15) is 6.26 Å². The third kappa shape index (κ3) is 3.56. The zero-order chi connectivity index (χ0) is 15.2. The Labute approximate surface area is 120 Å². The molecule has 0 aliphatic rings. The molecule has 1 heterocycles. The van der Waals surface area contributed by atoms with E-state index in [-0.39, 0.29) is 17.1 Å². The van der Waals surface area contributed by atoms with Crippen LogP contribution in [0.15, 0.2) is 35.1 Å². The fourth-order valence-corrected chi connectivity index (χ4v) is 1.71. The molecule has 1 aromatic carbocycles. The summed E-state index contributed by atoms with van der Waals surface area (Å²) in [4.78, 5) is 22.5. The minimum absolute atomic E-state index is 0.151. The number of rotatable bonds is 6. The summed E-state index contributed by atoms with van der Waals surface area (Å²) in [6.07, 6.45) is 2.18. The lowest BCUT2D eigenvalue weighted by atomic mass is 10.1. The Morgan fingerprint density at radius 1 is 1.43 bits per heavy atom. The third-order valence-electron chi connectivity index (χ3n) is 2.70. The number of non-ortho nitro benzene ring substituents is 1. The molecular weight excluding hydrogens is 276 g/mol. The summed E-state index contributed by atoms with van der Waals surface area (Å²) in [5.74, 6) is -0.251. The van der Waals surface area contributed by atoms with Crippen LogP contribution in [-0.4, -0.2) is 22.5 Å². The third-order valence-corrected chi connectivity index (χ3v) is 2.70. The second-order valence-corrected chi connectivity index (χ2v) is 4.25. The molecule has 0 radical (unpaired) electrons. The van der Waals surface area contributed by atoms with Crippen molar-refractivity contribution >= 4 is 23.1 Å². The molecule has 0 fully saturated rings. The van der Waals surface area contributed by atoms with Crippen LogP contribution < -0.4 is 10.6 Å². The number of nitrogens with one attached hydrogen (secondary N) is 2. The molecule has 2 aromatic rings. The van der Waals surface area contributed by atoms with Gasteiger partial charge < -0.3 is 15.2 Å². The Balaban J connectivity index is 2.30. The van der Waals surface area contributed by atoms with E-state index in [9.17, 15) is 14.9 Å².